The van der Waals surface area contributed by atoms with Crippen LogP contribution in [0, 0.1) is 0 Å². The number of amides is 2. The van der Waals surface area contributed by atoms with E-state index in [1.54, 1.807) is 11.8 Å². The molecule has 1 aliphatic rings. The zero-order valence-corrected chi connectivity index (χ0v) is 10.3. The van der Waals surface area contributed by atoms with Crippen molar-refractivity contribution in [1.82, 2.24) is 10.2 Å². The molecule has 1 saturated heterocycles. The molecule has 1 unspecified atom stereocenters. The molecule has 18 heavy (non-hydrogen) atoms. The van der Waals surface area contributed by atoms with Crippen LogP contribution in [-0.4, -0.2) is 42.4 Å². The van der Waals surface area contributed by atoms with Crippen molar-refractivity contribution >= 4 is 17.5 Å². The Morgan fingerprint density at radius 3 is 2.89 bits per heavy atom. The fourth-order valence-electron chi connectivity index (χ4n) is 1.96. The van der Waals surface area contributed by atoms with E-state index >= 15 is 0 Å². The summed E-state index contributed by atoms with van der Waals surface area (Å²) in [7, 11) is 0. The van der Waals surface area contributed by atoms with E-state index in [-0.39, 0.29) is 24.4 Å². The molecular formula is C13H17N3O2. The number of benzene rings is 1. The van der Waals surface area contributed by atoms with Crippen LogP contribution in [0.15, 0.2) is 30.3 Å². The van der Waals surface area contributed by atoms with Crippen molar-refractivity contribution in [2.75, 3.05) is 25.0 Å². The minimum atomic E-state index is -0.385. The molecule has 1 aliphatic heterocycles. The summed E-state index contributed by atoms with van der Waals surface area (Å²) in [5.41, 5.74) is 0.903. The summed E-state index contributed by atoms with van der Waals surface area (Å²) >= 11 is 0. The Hall–Kier alpha value is -2.04. The lowest BCUT2D eigenvalue weighted by atomic mass is 10.2. The second kappa shape index (κ2) is 5.53. The third-order valence-electron chi connectivity index (χ3n) is 3.04. The first kappa shape index (κ1) is 12.4. The number of piperazine rings is 1. The van der Waals surface area contributed by atoms with Crippen LogP contribution in [0.1, 0.15) is 6.92 Å². The van der Waals surface area contributed by atoms with Gasteiger partial charge in [-0.3, -0.25) is 9.59 Å². The molecule has 0 radical (unpaired) electrons. The summed E-state index contributed by atoms with van der Waals surface area (Å²) in [6.07, 6.45) is 0. The molecule has 2 amide bonds. The quantitative estimate of drug-likeness (QED) is 0.815. The lowest BCUT2D eigenvalue weighted by Crippen LogP contribution is -2.56. The number of rotatable bonds is 3. The molecule has 0 aromatic heterocycles. The van der Waals surface area contributed by atoms with Crippen LogP contribution in [0.25, 0.3) is 0 Å². The van der Waals surface area contributed by atoms with Crippen molar-refractivity contribution in [3.63, 3.8) is 0 Å². The van der Waals surface area contributed by atoms with E-state index in [2.05, 4.69) is 10.6 Å². The third-order valence-corrected chi connectivity index (χ3v) is 3.04. The van der Waals surface area contributed by atoms with Gasteiger partial charge in [-0.15, -0.1) is 0 Å². The average Bonchev–Trinajstić information content (AvgIpc) is 2.40. The third kappa shape index (κ3) is 2.80. The molecule has 0 bridgehead atoms. The number of nitrogens with zero attached hydrogens (tertiary/aromatic N) is 1. The highest BCUT2D eigenvalue weighted by Gasteiger charge is 2.28. The predicted octanol–water partition coefficient (Wildman–Crippen LogP) is 0.445. The highest BCUT2D eigenvalue weighted by Crippen LogP contribution is 2.07. The fourth-order valence-corrected chi connectivity index (χ4v) is 1.96. The first-order valence-electron chi connectivity index (χ1n) is 6.04. The Labute approximate surface area is 106 Å². The summed E-state index contributed by atoms with van der Waals surface area (Å²) < 4.78 is 0. The van der Waals surface area contributed by atoms with Crippen LogP contribution in [0.4, 0.5) is 5.69 Å². The van der Waals surface area contributed by atoms with E-state index in [9.17, 15) is 9.59 Å². The van der Waals surface area contributed by atoms with Gasteiger partial charge in [-0.05, 0) is 19.1 Å². The van der Waals surface area contributed by atoms with E-state index in [1.807, 2.05) is 30.3 Å². The number of para-hydroxylation sites is 1. The number of carbonyl (C=O) groups excluding carboxylic acids is 2. The van der Waals surface area contributed by atoms with E-state index in [0.29, 0.717) is 13.1 Å². The van der Waals surface area contributed by atoms with Gasteiger partial charge in [-0.1, -0.05) is 18.2 Å². The Morgan fingerprint density at radius 2 is 2.17 bits per heavy atom. The molecule has 0 aliphatic carbocycles. The highest BCUT2D eigenvalue weighted by atomic mass is 16.2. The lowest BCUT2D eigenvalue weighted by Gasteiger charge is -2.32. The summed E-state index contributed by atoms with van der Waals surface area (Å²) in [6, 6.07) is 9.15. The van der Waals surface area contributed by atoms with E-state index in [4.69, 9.17) is 0 Å². The molecular weight excluding hydrogens is 230 g/mol. The first-order chi connectivity index (χ1) is 8.68. The van der Waals surface area contributed by atoms with Crippen LogP contribution in [0.3, 0.4) is 0 Å². The predicted molar refractivity (Wildman–Crippen MR) is 69.1 cm³/mol. The smallest absolute Gasteiger partial charge is 0.242 e. The minimum Gasteiger partial charge on any atom is -0.376 e. The Morgan fingerprint density at radius 1 is 1.44 bits per heavy atom. The number of hydrogen-bond acceptors (Lipinski definition) is 3. The minimum absolute atomic E-state index is 0.0544. The SMILES string of the molecule is CC1C(=O)NCCN1C(=O)CNc1ccccc1. The molecule has 96 valence electrons. The van der Waals surface area contributed by atoms with Gasteiger partial charge in [-0.25, -0.2) is 0 Å². The Kier molecular flexibility index (Phi) is 3.82. The molecule has 5 nitrogen and oxygen atoms in total. The van der Waals surface area contributed by atoms with Crippen LogP contribution in [0.2, 0.25) is 0 Å². The number of nitrogens with one attached hydrogen (secondary N) is 2. The maximum atomic E-state index is 12.0. The van der Waals surface area contributed by atoms with Crippen molar-refractivity contribution in [2.45, 2.75) is 13.0 Å². The van der Waals surface area contributed by atoms with Gasteiger partial charge in [0, 0.05) is 18.8 Å². The molecule has 1 aromatic carbocycles. The molecule has 2 N–H and O–H groups in total. The monoisotopic (exact) mass is 247 g/mol. The summed E-state index contributed by atoms with van der Waals surface area (Å²) in [5, 5.41) is 5.79. The van der Waals surface area contributed by atoms with Crippen molar-refractivity contribution in [3.8, 4) is 0 Å². The summed E-state index contributed by atoms with van der Waals surface area (Å²) in [4.78, 5) is 25.1. The van der Waals surface area contributed by atoms with E-state index in [0.717, 1.165) is 5.69 Å². The van der Waals surface area contributed by atoms with E-state index < -0.39 is 0 Å². The standard InChI is InChI=1S/C13H17N3O2/c1-10-13(18)14-7-8-16(10)12(17)9-15-11-5-3-2-4-6-11/h2-6,10,15H,7-9H2,1H3,(H,14,18). The van der Waals surface area contributed by atoms with E-state index in [1.165, 1.54) is 0 Å². The molecule has 2 rings (SSSR count). The van der Waals surface area contributed by atoms with Crippen LogP contribution in [-0.2, 0) is 9.59 Å². The van der Waals surface area contributed by atoms with Crippen molar-refractivity contribution < 1.29 is 9.59 Å². The molecule has 1 fully saturated rings. The highest BCUT2D eigenvalue weighted by molar-refractivity contribution is 5.90. The summed E-state index contributed by atoms with van der Waals surface area (Å²) in [5.74, 6) is -0.143. The fraction of sp³-hybridized carbons (Fsp3) is 0.385. The van der Waals surface area contributed by atoms with Gasteiger partial charge in [0.1, 0.15) is 6.04 Å². The van der Waals surface area contributed by atoms with Gasteiger partial charge >= 0.3 is 0 Å². The van der Waals surface area contributed by atoms with Gasteiger partial charge in [0.05, 0.1) is 6.54 Å². The molecule has 0 spiro atoms. The maximum Gasteiger partial charge on any atom is 0.242 e. The molecule has 0 saturated carbocycles. The first-order valence-corrected chi connectivity index (χ1v) is 6.04. The van der Waals surface area contributed by atoms with Crippen LogP contribution < -0.4 is 10.6 Å². The molecule has 1 atom stereocenters. The maximum absolute atomic E-state index is 12.0. The molecule has 1 heterocycles. The zero-order valence-electron chi connectivity index (χ0n) is 10.3. The number of anilines is 1. The van der Waals surface area contributed by atoms with Gasteiger partial charge in [0.25, 0.3) is 0 Å². The van der Waals surface area contributed by atoms with Crippen molar-refractivity contribution in [1.29, 1.82) is 0 Å². The van der Waals surface area contributed by atoms with Gasteiger partial charge in [-0.2, -0.15) is 0 Å². The summed E-state index contributed by atoms with van der Waals surface area (Å²) in [6.45, 7) is 3.05. The van der Waals surface area contributed by atoms with Gasteiger partial charge in [0.15, 0.2) is 0 Å². The molecule has 5 heteroatoms. The van der Waals surface area contributed by atoms with Gasteiger partial charge < -0.3 is 15.5 Å². The topological polar surface area (TPSA) is 61.4 Å². The van der Waals surface area contributed by atoms with Crippen molar-refractivity contribution in [3.05, 3.63) is 30.3 Å². The Bertz CT molecular complexity index is 433. The zero-order chi connectivity index (χ0) is 13.0. The van der Waals surface area contributed by atoms with Crippen molar-refractivity contribution in [2.24, 2.45) is 0 Å². The van der Waals surface area contributed by atoms with Gasteiger partial charge in [0.2, 0.25) is 11.8 Å². The lowest BCUT2D eigenvalue weighted by molar-refractivity contribution is -0.141. The van der Waals surface area contributed by atoms with Crippen LogP contribution in [0.5, 0.6) is 0 Å². The normalized spacial score (nSPS) is 19.3. The van der Waals surface area contributed by atoms with Crippen LogP contribution >= 0.6 is 0 Å². The second-order valence-corrected chi connectivity index (χ2v) is 4.27. The second-order valence-electron chi connectivity index (χ2n) is 4.27. The average molecular weight is 247 g/mol. The number of hydrogen-bond donors (Lipinski definition) is 2. The molecule has 1 aromatic rings. The Balaban J connectivity index is 1.90. The largest absolute Gasteiger partial charge is 0.376 e. The number of carbonyl (C=O) groups is 2.